The summed E-state index contributed by atoms with van der Waals surface area (Å²) in [5.41, 5.74) is 1.65. The first-order valence-electron chi connectivity index (χ1n) is 5.38. The van der Waals surface area contributed by atoms with Gasteiger partial charge in [0.2, 0.25) is 0 Å². The monoisotopic (exact) mass is 168 g/mol. The Morgan fingerprint density at radius 1 is 1.25 bits per heavy atom. The highest BCUT2D eigenvalue weighted by Gasteiger charge is 2.00. The lowest BCUT2D eigenvalue weighted by molar-refractivity contribution is 0.510. The summed E-state index contributed by atoms with van der Waals surface area (Å²) < 4.78 is 0. The molecule has 0 aliphatic carbocycles. The highest BCUT2D eigenvalue weighted by Crippen LogP contribution is 2.17. The van der Waals surface area contributed by atoms with Crippen molar-refractivity contribution in [2.75, 3.05) is 0 Å². The van der Waals surface area contributed by atoms with E-state index in [0.717, 1.165) is 5.92 Å². The molecule has 0 aliphatic rings. The van der Waals surface area contributed by atoms with Crippen LogP contribution in [0.3, 0.4) is 0 Å². The zero-order chi connectivity index (χ0) is 9.40. The van der Waals surface area contributed by atoms with E-state index in [-0.39, 0.29) is 0 Å². The fourth-order valence-electron chi connectivity index (χ4n) is 1.37. The van der Waals surface area contributed by atoms with Crippen LogP contribution in [-0.2, 0) is 0 Å². The van der Waals surface area contributed by atoms with Gasteiger partial charge in [0.05, 0.1) is 0 Å². The van der Waals surface area contributed by atoms with Gasteiger partial charge in [0, 0.05) is 0 Å². The van der Waals surface area contributed by atoms with Crippen molar-refractivity contribution in [2.24, 2.45) is 5.92 Å². The molecule has 0 rings (SSSR count). The van der Waals surface area contributed by atoms with Crippen LogP contribution in [-0.4, -0.2) is 0 Å². The van der Waals surface area contributed by atoms with Gasteiger partial charge in [-0.05, 0) is 32.1 Å². The Labute approximate surface area is 78.1 Å². The van der Waals surface area contributed by atoms with Crippen LogP contribution in [0.2, 0.25) is 0 Å². The van der Waals surface area contributed by atoms with E-state index in [0.29, 0.717) is 0 Å². The summed E-state index contributed by atoms with van der Waals surface area (Å²) in [4.78, 5) is 0. The third-order valence-electron chi connectivity index (χ3n) is 2.63. The number of hydrogen-bond donors (Lipinski definition) is 0. The topological polar surface area (TPSA) is 0 Å². The van der Waals surface area contributed by atoms with Crippen molar-refractivity contribution in [1.29, 1.82) is 0 Å². The second-order valence-corrected chi connectivity index (χ2v) is 3.75. The molecule has 0 N–H and O–H groups in total. The SMILES string of the molecule is CC=C(CCC)CCC(C)CC. The maximum atomic E-state index is 2.35. The number of allylic oxidation sites excluding steroid dienone is 2. The number of hydrogen-bond acceptors (Lipinski definition) is 0. The van der Waals surface area contributed by atoms with E-state index in [9.17, 15) is 0 Å². The minimum absolute atomic E-state index is 0.900. The van der Waals surface area contributed by atoms with Crippen molar-refractivity contribution in [1.82, 2.24) is 0 Å². The van der Waals surface area contributed by atoms with Crippen LogP contribution in [0.5, 0.6) is 0 Å². The molecule has 0 saturated carbocycles. The van der Waals surface area contributed by atoms with E-state index in [1.807, 2.05) is 0 Å². The predicted molar refractivity (Wildman–Crippen MR) is 57.4 cm³/mol. The minimum Gasteiger partial charge on any atom is -0.0885 e. The van der Waals surface area contributed by atoms with E-state index >= 15 is 0 Å². The molecule has 0 saturated heterocycles. The van der Waals surface area contributed by atoms with Crippen LogP contribution in [0.15, 0.2) is 11.6 Å². The summed E-state index contributed by atoms with van der Waals surface area (Å²) in [6, 6.07) is 0. The molecule has 0 aromatic rings. The van der Waals surface area contributed by atoms with Crippen LogP contribution < -0.4 is 0 Å². The van der Waals surface area contributed by atoms with E-state index in [1.165, 1.54) is 32.1 Å². The molecule has 1 atom stereocenters. The van der Waals surface area contributed by atoms with E-state index in [1.54, 1.807) is 5.57 Å². The molecule has 72 valence electrons. The van der Waals surface area contributed by atoms with Crippen molar-refractivity contribution in [3.63, 3.8) is 0 Å². The average Bonchev–Trinajstić information content (AvgIpc) is 2.11. The molecule has 12 heavy (non-hydrogen) atoms. The Kier molecular flexibility index (Phi) is 7.23. The van der Waals surface area contributed by atoms with Gasteiger partial charge >= 0.3 is 0 Å². The molecule has 0 heterocycles. The van der Waals surface area contributed by atoms with Crippen LogP contribution >= 0.6 is 0 Å². The second-order valence-electron chi connectivity index (χ2n) is 3.75. The lowest BCUT2D eigenvalue weighted by atomic mass is 9.97. The normalized spacial score (nSPS) is 14.8. The molecular weight excluding hydrogens is 144 g/mol. The minimum atomic E-state index is 0.900. The Morgan fingerprint density at radius 3 is 2.33 bits per heavy atom. The lowest BCUT2D eigenvalue weighted by Crippen LogP contribution is -1.93. The fourth-order valence-corrected chi connectivity index (χ4v) is 1.37. The molecule has 0 heteroatoms. The maximum absolute atomic E-state index is 2.35. The van der Waals surface area contributed by atoms with Gasteiger partial charge in [0.25, 0.3) is 0 Å². The van der Waals surface area contributed by atoms with Crippen molar-refractivity contribution in [3.8, 4) is 0 Å². The van der Waals surface area contributed by atoms with Gasteiger partial charge in [-0.2, -0.15) is 0 Å². The van der Waals surface area contributed by atoms with Gasteiger partial charge < -0.3 is 0 Å². The van der Waals surface area contributed by atoms with E-state index in [2.05, 4.69) is 33.8 Å². The zero-order valence-electron chi connectivity index (χ0n) is 9.19. The average molecular weight is 168 g/mol. The molecule has 0 nitrogen and oxygen atoms in total. The lowest BCUT2D eigenvalue weighted by Gasteiger charge is -2.09. The summed E-state index contributed by atoms with van der Waals surface area (Å²) in [5.74, 6) is 0.900. The molecule has 0 bridgehead atoms. The Morgan fingerprint density at radius 2 is 1.92 bits per heavy atom. The molecule has 0 spiro atoms. The molecular formula is C12H24. The van der Waals surface area contributed by atoms with Crippen molar-refractivity contribution in [3.05, 3.63) is 11.6 Å². The fraction of sp³-hybridized carbons (Fsp3) is 0.833. The molecule has 0 radical (unpaired) electrons. The van der Waals surface area contributed by atoms with Crippen LogP contribution in [0, 0.1) is 5.92 Å². The molecule has 1 unspecified atom stereocenters. The second kappa shape index (κ2) is 7.39. The van der Waals surface area contributed by atoms with Gasteiger partial charge in [-0.15, -0.1) is 0 Å². The molecule has 0 fully saturated rings. The zero-order valence-corrected chi connectivity index (χ0v) is 9.19. The Bertz CT molecular complexity index is 122. The van der Waals surface area contributed by atoms with E-state index in [4.69, 9.17) is 0 Å². The Hall–Kier alpha value is -0.260. The van der Waals surface area contributed by atoms with Crippen LogP contribution in [0.4, 0.5) is 0 Å². The van der Waals surface area contributed by atoms with Gasteiger partial charge in [0.15, 0.2) is 0 Å². The Balaban J connectivity index is 3.58. The third kappa shape index (κ3) is 5.40. The number of rotatable bonds is 6. The quantitative estimate of drug-likeness (QED) is 0.510. The third-order valence-corrected chi connectivity index (χ3v) is 2.63. The van der Waals surface area contributed by atoms with Gasteiger partial charge in [0.1, 0.15) is 0 Å². The molecule has 0 aromatic heterocycles. The highest BCUT2D eigenvalue weighted by molar-refractivity contribution is 4.99. The summed E-state index contributed by atoms with van der Waals surface area (Å²) in [7, 11) is 0. The summed E-state index contributed by atoms with van der Waals surface area (Å²) in [5, 5.41) is 0. The van der Waals surface area contributed by atoms with Crippen molar-refractivity contribution >= 4 is 0 Å². The first-order chi connectivity index (χ1) is 5.74. The summed E-state index contributed by atoms with van der Waals surface area (Å²) in [6.45, 7) is 9.05. The highest BCUT2D eigenvalue weighted by atomic mass is 14.1. The molecule has 0 aromatic carbocycles. The summed E-state index contributed by atoms with van der Waals surface area (Å²) >= 11 is 0. The largest absolute Gasteiger partial charge is 0.0885 e. The van der Waals surface area contributed by atoms with Gasteiger partial charge in [-0.1, -0.05) is 45.3 Å². The molecule has 0 aliphatic heterocycles. The van der Waals surface area contributed by atoms with Crippen LogP contribution in [0.25, 0.3) is 0 Å². The standard InChI is InChI=1S/C12H24/c1-5-8-12(7-3)10-9-11(4)6-2/h7,11H,5-6,8-10H2,1-4H3. The molecule has 0 amide bonds. The maximum Gasteiger partial charge on any atom is -0.0318 e. The predicted octanol–water partition coefficient (Wildman–Crippen LogP) is 4.56. The summed E-state index contributed by atoms with van der Waals surface area (Å²) in [6.07, 6.45) is 8.90. The van der Waals surface area contributed by atoms with E-state index < -0.39 is 0 Å². The smallest absolute Gasteiger partial charge is 0.0318 e. The van der Waals surface area contributed by atoms with Crippen molar-refractivity contribution < 1.29 is 0 Å². The van der Waals surface area contributed by atoms with Crippen molar-refractivity contribution in [2.45, 2.75) is 59.8 Å². The first kappa shape index (κ1) is 11.7. The van der Waals surface area contributed by atoms with Gasteiger partial charge in [-0.3, -0.25) is 0 Å². The first-order valence-corrected chi connectivity index (χ1v) is 5.38. The van der Waals surface area contributed by atoms with Crippen LogP contribution in [0.1, 0.15) is 59.8 Å². The van der Waals surface area contributed by atoms with Gasteiger partial charge in [-0.25, -0.2) is 0 Å².